The van der Waals surface area contributed by atoms with Crippen LogP contribution in [0.5, 0.6) is 0 Å². The largest absolute Gasteiger partial charge is 0.396 e. The summed E-state index contributed by atoms with van der Waals surface area (Å²) in [6.07, 6.45) is 0.803. The van der Waals surface area contributed by atoms with Crippen molar-refractivity contribution in [1.29, 1.82) is 0 Å². The Morgan fingerprint density at radius 2 is 1.96 bits per heavy atom. The highest BCUT2D eigenvalue weighted by atomic mass is 16.3. The average Bonchev–Trinajstić information content (AvgIpc) is 2.53. The minimum Gasteiger partial charge on any atom is -0.396 e. The molecule has 0 radical (unpaired) electrons. The maximum Gasteiger partial charge on any atom is 0.244 e. The number of carbonyl (C=O) groups excluding carboxylic acids is 1. The predicted molar refractivity (Wildman–Crippen MR) is 92.3 cm³/mol. The molecule has 1 saturated heterocycles. The number of aliphatic hydroxyl groups excluding tert-OH is 1. The Hall–Kier alpha value is -1.43. The molecule has 0 aliphatic carbocycles. The third-order valence-corrected chi connectivity index (χ3v) is 4.42. The lowest BCUT2D eigenvalue weighted by molar-refractivity contribution is -0.138. The lowest BCUT2D eigenvalue weighted by Gasteiger charge is -2.37. The van der Waals surface area contributed by atoms with Crippen LogP contribution in [0.4, 0.5) is 0 Å². The molecule has 2 rings (SSSR count). The van der Waals surface area contributed by atoms with Gasteiger partial charge in [-0.1, -0.05) is 29.8 Å². The van der Waals surface area contributed by atoms with E-state index in [0.29, 0.717) is 0 Å². The van der Waals surface area contributed by atoms with Gasteiger partial charge < -0.3 is 10.0 Å². The summed E-state index contributed by atoms with van der Waals surface area (Å²) >= 11 is 0. The number of piperazine rings is 1. The van der Waals surface area contributed by atoms with E-state index in [1.54, 1.807) is 0 Å². The molecule has 1 atom stereocenters. The van der Waals surface area contributed by atoms with Gasteiger partial charge in [-0.15, -0.1) is 0 Å². The van der Waals surface area contributed by atoms with E-state index in [-0.39, 0.29) is 18.6 Å². The summed E-state index contributed by atoms with van der Waals surface area (Å²) in [6.45, 7) is 6.50. The number of amides is 1. The zero-order valence-electron chi connectivity index (χ0n) is 14.5. The van der Waals surface area contributed by atoms with Crippen LogP contribution in [0.25, 0.3) is 0 Å². The van der Waals surface area contributed by atoms with Gasteiger partial charge in [-0.2, -0.15) is 0 Å². The van der Waals surface area contributed by atoms with Crippen molar-refractivity contribution in [1.82, 2.24) is 14.7 Å². The van der Waals surface area contributed by atoms with E-state index in [2.05, 4.69) is 24.0 Å². The molecule has 1 fully saturated rings. The van der Waals surface area contributed by atoms with Gasteiger partial charge in [0.2, 0.25) is 5.91 Å². The Morgan fingerprint density at radius 1 is 1.26 bits per heavy atom. The van der Waals surface area contributed by atoms with Crippen LogP contribution >= 0.6 is 0 Å². The van der Waals surface area contributed by atoms with Crippen LogP contribution in [0.1, 0.15) is 23.6 Å². The number of aryl methyl sites for hydroxylation is 1. The number of hydrogen-bond donors (Lipinski definition) is 1. The summed E-state index contributed by atoms with van der Waals surface area (Å²) in [6, 6.07) is 7.98. The minimum absolute atomic E-state index is 0.183. The molecule has 0 bridgehead atoms. The molecule has 0 unspecified atom stereocenters. The standard InChI is InChI=1S/C18H29N3O2/c1-15-6-4-7-16(14-15)17(19(2)3)18(23)21-11-9-20(10-12-21)8-5-13-22/h4,6-7,14,17,22H,5,8-13H2,1-3H3/t17-/m1/s1. The van der Waals surface area contributed by atoms with Gasteiger partial charge in [0.05, 0.1) is 0 Å². The summed E-state index contributed by atoms with van der Waals surface area (Å²) in [5, 5.41) is 8.92. The highest BCUT2D eigenvalue weighted by Crippen LogP contribution is 2.22. The smallest absolute Gasteiger partial charge is 0.244 e. The lowest BCUT2D eigenvalue weighted by Crippen LogP contribution is -2.51. The van der Waals surface area contributed by atoms with Crippen molar-refractivity contribution in [3.05, 3.63) is 35.4 Å². The van der Waals surface area contributed by atoms with E-state index >= 15 is 0 Å². The van der Waals surface area contributed by atoms with Crippen LogP contribution < -0.4 is 0 Å². The molecule has 0 spiro atoms. The van der Waals surface area contributed by atoms with Gasteiger partial charge in [-0.05, 0) is 33.0 Å². The number of hydrogen-bond acceptors (Lipinski definition) is 4. The van der Waals surface area contributed by atoms with E-state index in [1.807, 2.05) is 36.0 Å². The highest BCUT2D eigenvalue weighted by molar-refractivity contribution is 5.83. The van der Waals surface area contributed by atoms with Gasteiger partial charge in [-0.3, -0.25) is 14.6 Å². The van der Waals surface area contributed by atoms with E-state index in [0.717, 1.165) is 44.7 Å². The number of aliphatic hydroxyl groups is 1. The SMILES string of the molecule is Cc1cccc([C@H](C(=O)N2CCN(CCCO)CC2)N(C)C)c1. The highest BCUT2D eigenvalue weighted by Gasteiger charge is 2.29. The fourth-order valence-electron chi connectivity index (χ4n) is 3.16. The van der Waals surface area contributed by atoms with Crippen LogP contribution in [0, 0.1) is 6.92 Å². The molecule has 23 heavy (non-hydrogen) atoms. The molecule has 128 valence electrons. The van der Waals surface area contributed by atoms with E-state index in [4.69, 9.17) is 5.11 Å². The Bertz CT molecular complexity index is 511. The second-order valence-electron chi connectivity index (χ2n) is 6.52. The molecule has 1 aliphatic heterocycles. The van der Waals surface area contributed by atoms with Crippen LogP contribution in [-0.4, -0.2) is 79.1 Å². The molecule has 5 nitrogen and oxygen atoms in total. The Morgan fingerprint density at radius 3 is 2.52 bits per heavy atom. The van der Waals surface area contributed by atoms with Crippen molar-refractivity contribution in [3.63, 3.8) is 0 Å². The molecule has 1 N–H and O–H groups in total. The first kappa shape index (κ1) is 17.9. The third kappa shape index (κ3) is 4.77. The molecule has 1 heterocycles. The Labute approximate surface area is 139 Å². The Balaban J connectivity index is 2.02. The van der Waals surface area contributed by atoms with Crippen molar-refractivity contribution in [2.75, 3.05) is 53.4 Å². The van der Waals surface area contributed by atoms with Crippen molar-refractivity contribution < 1.29 is 9.90 Å². The van der Waals surface area contributed by atoms with Gasteiger partial charge >= 0.3 is 0 Å². The fraction of sp³-hybridized carbons (Fsp3) is 0.611. The number of benzene rings is 1. The van der Waals surface area contributed by atoms with Crippen LogP contribution in [0.15, 0.2) is 24.3 Å². The number of rotatable bonds is 6. The second-order valence-corrected chi connectivity index (χ2v) is 6.52. The number of likely N-dealkylation sites (N-methyl/N-ethyl adjacent to an activating group) is 1. The zero-order chi connectivity index (χ0) is 16.8. The van der Waals surface area contributed by atoms with Crippen LogP contribution in [-0.2, 0) is 4.79 Å². The van der Waals surface area contributed by atoms with Crippen LogP contribution in [0.2, 0.25) is 0 Å². The van der Waals surface area contributed by atoms with Crippen LogP contribution in [0.3, 0.4) is 0 Å². The molecule has 0 saturated carbocycles. The normalized spacial score (nSPS) is 17.5. The maximum atomic E-state index is 13.0. The molecular weight excluding hydrogens is 290 g/mol. The molecule has 1 aliphatic rings. The quantitative estimate of drug-likeness (QED) is 0.854. The van der Waals surface area contributed by atoms with Crippen molar-refractivity contribution in [3.8, 4) is 0 Å². The first-order chi connectivity index (χ1) is 11.0. The van der Waals surface area contributed by atoms with Gasteiger partial charge in [-0.25, -0.2) is 0 Å². The monoisotopic (exact) mass is 319 g/mol. The third-order valence-electron chi connectivity index (χ3n) is 4.42. The van der Waals surface area contributed by atoms with Crippen molar-refractivity contribution in [2.45, 2.75) is 19.4 Å². The van der Waals surface area contributed by atoms with Gasteiger partial charge in [0.25, 0.3) is 0 Å². The van der Waals surface area contributed by atoms with E-state index in [9.17, 15) is 4.79 Å². The molecular formula is C18H29N3O2. The van der Waals surface area contributed by atoms with Gasteiger partial charge in [0.1, 0.15) is 6.04 Å². The first-order valence-electron chi connectivity index (χ1n) is 8.38. The van der Waals surface area contributed by atoms with Gasteiger partial charge in [0.15, 0.2) is 0 Å². The predicted octanol–water partition coefficient (Wildman–Crippen LogP) is 1.12. The Kier molecular flexibility index (Phi) is 6.57. The lowest BCUT2D eigenvalue weighted by atomic mass is 10.0. The molecule has 1 aromatic carbocycles. The molecule has 5 heteroatoms. The molecule has 1 aromatic rings. The first-order valence-corrected chi connectivity index (χ1v) is 8.38. The van der Waals surface area contributed by atoms with Crippen molar-refractivity contribution in [2.24, 2.45) is 0 Å². The maximum absolute atomic E-state index is 13.0. The minimum atomic E-state index is -0.223. The summed E-state index contributed by atoms with van der Waals surface area (Å²) in [5.74, 6) is 0.183. The molecule has 1 amide bonds. The second kappa shape index (κ2) is 8.43. The zero-order valence-corrected chi connectivity index (χ0v) is 14.5. The topological polar surface area (TPSA) is 47.0 Å². The molecule has 0 aromatic heterocycles. The van der Waals surface area contributed by atoms with Gasteiger partial charge in [0, 0.05) is 39.3 Å². The summed E-state index contributed by atoms with van der Waals surface area (Å²) in [5.41, 5.74) is 2.23. The summed E-state index contributed by atoms with van der Waals surface area (Å²) < 4.78 is 0. The fourth-order valence-corrected chi connectivity index (χ4v) is 3.16. The van der Waals surface area contributed by atoms with E-state index < -0.39 is 0 Å². The number of carbonyl (C=O) groups is 1. The summed E-state index contributed by atoms with van der Waals surface area (Å²) in [7, 11) is 3.92. The average molecular weight is 319 g/mol. The van der Waals surface area contributed by atoms with Crippen molar-refractivity contribution >= 4 is 5.91 Å². The van der Waals surface area contributed by atoms with E-state index in [1.165, 1.54) is 5.56 Å². The number of nitrogens with zero attached hydrogens (tertiary/aromatic N) is 3. The summed E-state index contributed by atoms with van der Waals surface area (Å²) in [4.78, 5) is 19.3.